The van der Waals surface area contributed by atoms with E-state index >= 15 is 0 Å². The van der Waals surface area contributed by atoms with Crippen molar-refractivity contribution in [3.8, 4) is 0 Å². The highest BCUT2D eigenvalue weighted by Gasteiger charge is 2.16. The molecule has 0 unspecified atom stereocenters. The topological polar surface area (TPSA) is 63.1 Å². The zero-order valence-corrected chi connectivity index (χ0v) is 13.3. The van der Waals surface area contributed by atoms with E-state index in [1.807, 2.05) is 50.5 Å². The number of pyridine rings is 1. The van der Waals surface area contributed by atoms with Gasteiger partial charge in [-0.2, -0.15) is 5.10 Å². The number of amides is 1. The molecule has 0 fully saturated rings. The number of nitrogens with zero attached hydrogens (tertiary/aromatic N) is 4. The molecule has 6 nitrogen and oxygen atoms in total. The van der Waals surface area contributed by atoms with E-state index < -0.39 is 0 Å². The Morgan fingerprint density at radius 1 is 1.43 bits per heavy atom. The van der Waals surface area contributed by atoms with Crippen LogP contribution in [0.2, 0.25) is 0 Å². The number of nitrogens with one attached hydrogen (secondary N) is 1. The standard InChI is InChI=1S/C15H23N5O/c1-10(2)20-14-13(9-17-20)12(8-11(3)18-14)15(21)16-6-7-19(4)5/h8-10H,6-7H2,1-5H3,(H,16,21). The number of aryl methyl sites for hydroxylation is 1. The SMILES string of the molecule is Cc1cc(C(=O)NCCN(C)C)c2cnn(C(C)C)c2n1. The Morgan fingerprint density at radius 3 is 2.76 bits per heavy atom. The molecule has 0 aliphatic carbocycles. The minimum Gasteiger partial charge on any atom is -0.351 e. The highest BCUT2D eigenvalue weighted by molar-refractivity contribution is 6.05. The van der Waals surface area contributed by atoms with Crippen molar-refractivity contribution in [2.45, 2.75) is 26.8 Å². The summed E-state index contributed by atoms with van der Waals surface area (Å²) in [6.07, 6.45) is 1.72. The second-order valence-corrected chi connectivity index (χ2v) is 5.79. The summed E-state index contributed by atoms with van der Waals surface area (Å²) in [7, 11) is 3.96. The minimum atomic E-state index is -0.0735. The molecule has 0 aromatic carbocycles. The Kier molecular flexibility index (Phi) is 4.57. The Balaban J connectivity index is 2.33. The van der Waals surface area contributed by atoms with Crippen molar-refractivity contribution in [1.82, 2.24) is 25.0 Å². The molecule has 0 aliphatic heterocycles. The van der Waals surface area contributed by atoms with Crippen LogP contribution in [-0.4, -0.2) is 52.8 Å². The van der Waals surface area contributed by atoms with E-state index in [0.29, 0.717) is 12.1 Å². The normalized spacial score (nSPS) is 11.6. The van der Waals surface area contributed by atoms with Gasteiger partial charge in [0, 0.05) is 24.8 Å². The molecular formula is C15H23N5O. The third kappa shape index (κ3) is 3.39. The van der Waals surface area contributed by atoms with Crippen LogP contribution in [-0.2, 0) is 0 Å². The van der Waals surface area contributed by atoms with Gasteiger partial charge in [-0.25, -0.2) is 9.67 Å². The van der Waals surface area contributed by atoms with Gasteiger partial charge in [-0.1, -0.05) is 0 Å². The second kappa shape index (κ2) is 6.22. The zero-order chi connectivity index (χ0) is 15.6. The Morgan fingerprint density at radius 2 is 2.14 bits per heavy atom. The van der Waals surface area contributed by atoms with Crippen molar-refractivity contribution in [3.05, 3.63) is 23.5 Å². The molecule has 6 heteroatoms. The van der Waals surface area contributed by atoms with Gasteiger partial charge < -0.3 is 10.2 Å². The summed E-state index contributed by atoms with van der Waals surface area (Å²) in [6, 6.07) is 2.03. The van der Waals surface area contributed by atoms with Crippen LogP contribution in [0.4, 0.5) is 0 Å². The third-order valence-electron chi connectivity index (χ3n) is 3.27. The van der Waals surface area contributed by atoms with Gasteiger partial charge in [0.15, 0.2) is 5.65 Å². The van der Waals surface area contributed by atoms with Gasteiger partial charge in [0.25, 0.3) is 5.91 Å². The van der Waals surface area contributed by atoms with Gasteiger partial charge in [0.2, 0.25) is 0 Å². The monoisotopic (exact) mass is 289 g/mol. The predicted octanol–water partition coefficient (Wildman–Crippen LogP) is 1.61. The molecule has 2 heterocycles. The Hall–Kier alpha value is -1.95. The van der Waals surface area contributed by atoms with E-state index in [9.17, 15) is 4.79 Å². The molecular weight excluding hydrogens is 266 g/mol. The van der Waals surface area contributed by atoms with Crippen LogP contribution < -0.4 is 5.32 Å². The lowest BCUT2D eigenvalue weighted by atomic mass is 10.1. The maximum absolute atomic E-state index is 12.4. The third-order valence-corrected chi connectivity index (χ3v) is 3.27. The lowest BCUT2D eigenvalue weighted by molar-refractivity contribution is 0.0952. The van der Waals surface area contributed by atoms with Crippen molar-refractivity contribution in [2.24, 2.45) is 0 Å². The molecule has 2 aromatic heterocycles. The summed E-state index contributed by atoms with van der Waals surface area (Å²) >= 11 is 0. The highest BCUT2D eigenvalue weighted by Crippen LogP contribution is 2.20. The fourth-order valence-electron chi connectivity index (χ4n) is 2.20. The second-order valence-electron chi connectivity index (χ2n) is 5.79. The molecule has 114 valence electrons. The van der Waals surface area contributed by atoms with Gasteiger partial charge in [0.1, 0.15) is 0 Å². The molecule has 0 saturated carbocycles. The number of likely N-dealkylation sites (N-methyl/N-ethyl adjacent to an activating group) is 1. The van der Waals surface area contributed by atoms with E-state index in [1.54, 1.807) is 6.20 Å². The van der Waals surface area contributed by atoms with Crippen LogP contribution >= 0.6 is 0 Å². The average Bonchev–Trinajstić information content (AvgIpc) is 2.80. The quantitative estimate of drug-likeness (QED) is 0.908. The van der Waals surface area contributed by atoms with Crippen LogP contribution in [0.25, 0.3) is 11.0 Å². The molecule has 0 aliphatic rings. The number of fused-ring (bicyclic) bond motifs is 1. The fourth-order valence-corrected chi connectivity index (χ4v) is 2.20. The summed E-state index contributed by atoms with van der Waals surface area (Å²) in [6.45, 7) is 7.42. The lowest BCUT2D eigenvalue weighted by Gasteiger charge is -2.11. The highest BCUT2D eigenvalue weighted by atomic mass is 16.1. The fraction of sp³-hybridized carbons (Fsp3) is 0.533. The van der Waals surface area contributed by atoms with E-state index in [1.165, 1.54) is 0 Å². The lowest BCUT2D eigenvalue weighted by Crippen LogP contribution is -2.31. The molecule has 0 spiro atoms. The molecule has 2 rings (SSSR count). The molecule has 21 heavy (non-hydrogen) atoms. The number of carbonyl (C=O) groups is 1. The van der Waals surface area contributed by atoms with Crippen molar-refractivity contribution in [3.63, 3.8) is 0 Å². The smallest absolute Gasteiger partial charge is 0.252 e. The van der Waals surface area contributed by atoms with Crippen molar-refractivity contribution < 1.29 is 4.79 Å². The van der Waals surface area contributed by atoms with Gasteiger partial charge in [-0.15, -0.1) is 0 Å². The maximum atomic E-state index is 12.4. The first-order valence-electron chi connectivity index (χ1n) is 7.18. The first-order chi connectivity index (χ1) is 9.90. The largest absolute Gasteiger partial charge is 0.351 e. The summed E-state index contributed by atoms with van der Waals surface area (Å²) in [5, 5.41) is 8.10. The van der Waals surface area contributed by atoms with E-state index in [-0.39, 0.29) is 11.9 Å². The predicted molar refractivity (Wildman–Crippen MR) is 83.5 cm³/mol. The number of hydrogen-bond donors (Lipinski definition) is 1. The first-order valence-corrected chi connectivity index (χ1v) is 7.18. The molecule has 1 amide bonds. The first kappa shape index (κ1) is 15.4. The van der Waals surface area contributed by atoms with Crippen LogP contribution in [0.1, 0.15) is 35.9 Å². The Bertz CT molecular complexity index is 645. The van der Waals surface area contributed by atoms with E-state index in [2.05, 4.69) is 15.4 Å². The summed E-state index contributed by atoms with van der Waals surface area (Å²) < 4.78 is 1.85. The van der Waals surface area contributed by atoms with Crippen molar-refractivity contribution in [2.75, 3.05) is 27.2 Å². The maximum Gasteiger partial charge on any atom is 0.252 e. The van der Waals surface area contributed by atoms with Crippen LogP contribution in [0.15, 0.2) is 12.3 Å². The van der Waals surface area contributed by atoms with Gasteiger partial charge >= 0.3 is 0 Å². The van der Waals surface area contributed by atoms with Crippen LogP contribution in [0.5, 0.6) is 0 Å². The number of rotatable bonds is 5. The van der Waals surface area contributed by atoms with Crippen molar-refractivity contribution >= 4 is 16.9 Å². The number of hydrogen-bond acceptors (Lipinski definition) is 4. The van der Waals surface area contributed by atoms with Crippen LogP contribution in [0.3, 0.4) is 0 Å². The molecule has 0 atom stereocenters. The molecule has 1 N–H and O–H groups in total. The summed E-state index contributed by atoms with van der Waals surface area (Å²) in [5.41, 5.74) is 2.23. The molecule has 2 aromatic rings. The average molecular weight is 289 g/mol. The zero-order valence-electron chi connectivity index (χ0n) is 13.3. The van der Waals surface area contributed by atoms with Gasteiger partial charge in [-0.3, -0.25) is 4.79 Å². The van der Waals surface area contributed by atoms with E-state index in [4.69, 9.17) is 0 Å². The van der Waals surface area contributed by atoms with Crippen molar-refractivity contribution in [1.29, 1.82) is 0 Å². The summed E-state index contributed by atoms with van der Waals surface area (Å²) in [5.74, 6) is -0.0735. The van der Waals surface area contributed by atoms with Gasteiger partial charge in [0.05, 0.1) is 17.1 Å². The van der Waals surface area contributed by atoms with Gasteiger partial charge in [-0.05, 0) is 40.9 Å². The van der Waals surface area contributed by atoms with Crippen LogP contribution in [0, 0.1) is 6.92 Å². The molecule has 0 saturated heterocycles. The molecule has 0 radical (unpaired) electrons. The Labute approximate surface area is 125 Å². The summed E-state index contributed by atoms with van der Waals surface area (Å²) in [4.78, 5) is 18.9. The number of carbonyl (C=O) groups excluding carboxylic acids is 1. The minimum absolute atomic E-state index is 0.0735. The van der Waals surface area contributed by atoms with E-state index in [0.717, 1.165) is 23.3 Å². The molecule has 0 bridgehead atoms. The number of aromatic nitrogens is 3.